The monoisotopic (exact) mass is 264 g/mol. The third kappa shape index (κ3) is 5.09. The zero-order chi connectivity index (χ0) is 14.3. The molecule has 0 heterocycles. The van der Waals surface area contributed by atoms with E-state index in [1.807, 2.05) is 13.8 Å². The Morgan fingerprint density at radius 3 is 2.74 bits per heavy atom. The fourth-order valence-electron chi connectivity index (χ4n) is 1.75. The molecule has 5 heteroatoms. The molecule has 1 unspecified atom stereocenters. The first-order valence-electron chi connectivity index (χ1n) is 6.28. The second-order valence-electron chi connectivity index (χ2n) is 4.28. The van der Waals surface area contributed by atoms with Gasteiger partial charge in [0.1, 0.15) is 0 Å². The molecular formula is C14H20N2O3. The van der Waals surface area contributed by atoms with Gasteiger partial charge in [-0.1, -0.05) is 13.0 Å². The average Bonchev–Trinajstić information content (AvgIpc) is 2.38. The number of methoxy groups -OCH3 is 1. The summed E-state index contributed by atoms with van der Waals surface area (Å²) in [6.07, 6.45) is 0.385. The van der Waals surface area contributed by atoms with E-state index in [0.717, 1.165) is 6.54 Å². The van der Waals surface area contributed by atoms with Crippen molar-refractivity contribution in [2.24, 2.45) is 0 Å². The molecule has 1 amide bonds. The van der Waals surface area contributed by atoms with Crippen LogP contribution in [0.25, 0.3) is 0 Å². The molecule has 104 valence electrons. The molecule has 0 aromatic heterocycles. The fourth-order valence-corrected chi connectivity index (χ4v) is 1.75. The summed E-state index contributed by atoms with van der Waals surface area (Å²) < 4.78 is 4.63. The van der Waals surface area contributed by atoms with E-state index >= 15 is 0 Å². The highest BCUT2D eigenvalue weighted by atomic mass is 16.5. The number of carbonyl (C=O) groups excluding carboxylic acids is 2. The lowest BCUT2D eigenvalue weighted by Crippen LogP contribution is -2.30. The van der Waals surface area contributed by atoms with Gasteiger partial charge >= 0.3 is 5.97 Å². The molecule has 1 atom stereocenters. The second kappa shape index (κ2) is 7.53. The van der Waals surface area contributed by atoms with Crippen molar-refractivity contribution < 1.29 is 14.3 Å². The van der Waals surface area contributed by atoms with Crippen molar-refractivity contribution in [3.63, 3.8) is 0 Å². The van der Waals surface area contributed by atoms with Crippen LogP contribution in [0, 0.1) is 0 Å². The van der Waals surface area contributed by atoms with E-state index in [1.165, 1.54) is 7.11 Å². The summed E-state index contributed by atoms with van der Waals surface area (Å²) in [7, 11) is 1.33. The van der Waals surface area contributed by atoms with Crippen molar-refractivity contribution in [1.82, 2.24) is 5.32 Å². The number of carbonyl (C=O) groups is 2. The van der Waals surface area contributed by atoms with E-state index in [-0.39, 0.29) is 11.9 Å². The third-order valence-electron chi connectivity index (χ3n) is 2.61. The minimum Gasteiger partial charge on any atom is -0.465 e. The van der Waals surface area contributed by atoms with Crippen LogP contribution in [-0.4, -0.2) is 31.6 Å². The van der Waals surface area contributed by atoms with E-state index < -0.39 is 5.97 Å². The van der Waals surface area contributed by atoms with Gasteiger partial charge < -0.3 is 15.4 Å². The molecule has 0 bridgehead atoms. The largest absolute Gasteiger partial charge is 0.465 e. The van der Waals surface area contributed by atoms with Gasteiger partial charge in [-0.25, -0.2) is 4.79 Å². The van der Waals surface area contributed by atoms with Gasteiger partial charge in [0, 0.05) is 18.2 Å². The van der Waals surface area contributed by atoms with Crippen LogP contribution < -0.4 is 10.6 Å². The summed E-state index contributed by atoms with van der Waals surface area (Å²) in [6.45, 7) is 4.77. The van der Waals surface area contributed by atoms with Crippen LogP contribution in [-0.2, 0) is 9.53 Å². The number of hydrogen-bond acceptors (Lipinski definition) is 4. The molecule has 0 saturated heterocycles. The lowest BCUT2D eigenvalue weighted by atomic mass is 10.2. The van der Waals surface area contributed by atoms with Crippen LogP contribution in [0.3, 0.4) is 0 Å². The van der Waals surface area contributed by atoms with Crippen LogP contribution in [0.15, 0.2) is 24.3 Å². The van der Waals surface area contributed by atoms with Crippen molar-refractivity contribution in [3.8, 4) is 0 Å². The lowest BCUT2D eigenvalue weighted by molar-refractivity contribution is -0.116. The van der Waals surface area contributed by atoms with Gasteiger partial charge in [0.15, 0.2) is 0 Å². The highest BCUT2D eigenvalue weighted by molar-refractivity contribution is 5.94. The van der Waals surface area contributed by atoms with Gasteiger partial charge in [-0.05, 0) is 31.7 Å². The zero-order valence-corrected chi connectivity index (χ0v) is 11.5. The fraction of sp³-hybridized carbons (Fsp3) is 0.429. The summed E-state index contributed by atoms with van der Waals surface area (Å²) >= 11 is 0. The van der Waals surface area contributed by atoms with Crippen molar-refractivity contribution in [2.45, 2.75) is 26.3 Å². The predicted octanol–water partition coefficient (Wildman–Crippen LogP) is 1.80. The number of esters is 1. The van der Waals surface area contributed by atoms with Gasteiger partial charge in [0.25, 0.3) is 0 Å². The number of benzene rings is 1. The van der Waals surface area contributed by atoms with Crippen LogP contribution in [0.2, 0.25) is 0 Å². The van der Waals surface area contributed by atoms with E-state index in [1.54, 1.807) is 24.3 Å². The summed E-state index contributed by atoms with van der Waals surface area (Å²) in [4.78, 5) is 23.2. The Hall–Kier alpha value is -1.88. The maximum absolute atomic E-state index is 11.8. The van der Waals surface area contributed by atoms with Crippen molar-refractivity contribution in [2.75, 3.05) is 19.0 Å². The third-order valence-corrected chi connectivity index (χ3v) is 2.61. The first kappa shape index (κ1) is 15.2. The van der Waals surface area contributed by atoms with E-state index in [4.69, 9.17) is 0 Å². The number of hydrogen-bond donors (Lipinski definition) is 2. The predicted molar refractivity (Wildman–Crippen MR) is 74.2 cm³/mol. The maximum Gasteiger partial charge on any atom is 0.337 e. The topological polar surface area (TPSA) is 67.4 Å². The van der Waals surface area contributed by atoms with Crippen molar-refractivity contribution >= 4 is 17.6 Å². The summed E-state index contributed by atoms with van der Waals surface area (Å²) in [5.74, 6) is -0.507. The molecule has 5 nitrogen and oxygen atoms in total. The normalized spacial score (nSPS) is 11.7. The SMILES string of the molecule is CCNC(C)CC(=O)Nc1cccc(C(=O)OC)c1. The molecule has 0 aliphatic carbocycles. The number of amides is 1. The van der Waals surface area contributed by atoms with E-state index in [9.17, 15) is 9.59 Å². The molecule has 0 aliphatic rings. The summed E-state index contributed by atoms with van der Waals surface area (Å²) in [5.41, 5.74) is 1.01. The Bertz CT molecular complexity index is 446. The molecule has 0 radical (unpaired) electrons. The Morgan fingerprint density at radius 1 is 1.37 bits per heavy atom. The highest BCUT2D eigenvalue weighted by Gasteiger charge is 2.10. The van der Waals surface area contributed by atoms with Crippen molar-refractivity contribution in [1.29, 1.82) is 0 Å². The van der Waals surface area contributed by atoms with Crippen molar-refractivity contribution in [3.05, 3.63) is 29.8 Å². The Morgan fingerprint density at radius 2 is 2.11 bits per heavy atom. The van der Waals surface area contributed by atoms with E-state index in [2.05, 4.69) is 15.4 Å². The molecule has 0 fully saturated rings. The Labute approximate surface area is 113 Å². The molecule has 1 rings (SSSR count). The minimum atomic E-state index is -0.419. The van der Waals surface area contributed by atoms with Gasteiger partial charge in [-0.15, -0.1) is 0 Å². The minimum absolute atomic E-state index is 0.0875. The second-order valence-corrected chi connectivity index (χ2v) is 4.28. The zero-order valence-electron chi connectivity index (χ0n) is 11.5. The van der Waals surface area contributed by atoms with Gasteiger partial charge in [-0.2, -0.15) is 0 Å². The van der Waals surface area contributed by atoms with Gasteiger partial charge in [-0.3, -0.25) is 4.79 Å². The molecule has 0 saturated carbocycles. The summed E-state index contributed by atoms with van der Waals surface area (Å²) in [6, 6.07) is 6.80. The quantitative estimate of drug-likeness (QED) is 0.769. The lowest BCUT2D eigenvalue weighted by Gasteiger charge is -2.12. The van der Waals surface area contributed by atoms with Crippen LogP contribution in [0.4, 0.5) is 5.69 Å². The summed E-state index contributed by atoms with van der Waals surface area (Å²) in [5, 5.41) is 5.93. The van der Waals surface area contributed by atoms with E-state index in [0.29, 0.717) is 17.7 Å². The highest BCUT2D eigenvalue weighted by Crippen LogP contribution is 2.12. The first-order chi connectivity index (χ1) is 9.06. The molecule has 1 aromatic carbocycles. The Kier molecular flexibility index (Phi) is 6.02. The molecule has 19 heavy (non-hydrogen) atoms. The Balaban J connectivity index is 2.62. The van der Waals surface area contributed by atoms with Crippen LogP contribution >= 0.6 is 0 Å². The first-order valence-corrected chi connectivity index (χ1v) is 6.28. The maximum atomic E-state index is 11.8. The molecule has 0 spiro atoms. The molecule has 2 N–H and O–H groups in total. The smallest absolute Gasteiger partial charge is 0.337 e. The van der Waals surface area contributed by atoms with Crippen LogP contribution in [0.5, 0.6) is 0 Å². The van der Waals surface area contributed by atoms with Gasteiger partial charge in [0.05, 0.1) is 12.7 Å². The average molecular weight is 264 g/mol. The number of nitrogens with one attached hydrogen (secondary N) is 2. The molecule has 0 aliphatic heterocycles. The van der Waals surface area contributed by atoms with Gasteiger partial charge in [0.2, 0.25) is 5.91 Å². The number of rotatable bonds is 6. The molecular weight excluding hydrogens is 244 g/mol. The number of ether oxygens (including phenoxy) is 1. The number of anilines is 1. The standard InChI is InChI=1S/C14H20N2O3/c1-4-15-10(2)8-13(17)16-12-7-5-6-11(9-12)14(18)19-3/h5-7,9-10,15H,4,8H2,1-3H3,(H,16,17). The molecule has 1 aromatic rings. The van der Waals surface area contributed by atoms with Crippen LogP contribution in [0.1, 0.15) is 30.6 Å².